The molecule has 4 bridgehead atoms. The number of carbonyl (C=O) groups is 1. The Balaban J connectivity index is 0.968. The lowest BCUT2D eigenvalue weighted by Gasteiger charge is -2.35. The van der Waals surface area contributed by atoms with Crippen LogP contribution in [-0.4, -0.2) is 139 Å². The highest BCUT2D eigenvalue weighted by Crippen LogP contribution is 2.53. The zero-order chi connectivity index (χ0) is 50.6. The Morgan fingerprint density at radius 3 is 2.41 bits per heavy atom. The quantitative estimate of drug-likeness (QED) is 0.123. The molecule has 4 aliphatic heterocycles. The second kappa shape index (κ2) is 23.1. The number of ether oxygens (including phenoxy) is 7. The van der Waals surface area contributed by atoms with Gasteiger partial charge in [-0.25, -0.2) is 29.1 Å². The second-order valence-corrected chi connectivity index (χ2v) is 21.1. The fourth-order valence-corrected chi connectivity index (χ4v) is 11.8. The van der Waals surface area contributed by atoms with Crippen molar-refractivity contribution in [2.45, 2.75) is 76.8 Å². The Labute approximate surface area is 437 Å². The predicted molar refractivity (Wildman–Crippen MR) is 276 cm³/mol. The molecule has 3 fully saturated rings. The Morgan fingerprint density at radius 2 is 1.67 bits per heavy atom. The third kappa shape index (κ3) is 11.8. The Hall–Kier alpha value is -5.24. The van der Waals surface area contributed by atoms with Crippen LogP contribution in [-0.2, 0) is 32.0 Å². The maximum atomic E-state index is 14.4. The van der Waals surface area contributed by atoms with E-state index in [0.29, 0.717) is 127 Å². The molecular formula is C54H59Cl2FN6O9S. The Kier molecular flexibility index (Phi) is 16.2. The van der Waals surface area contributed by atoms with Crippen LogP contribution in [0.5, 0.6) is 23.1 Å². The van der Waals surface area contributed by atoms with Crippen molar-refractivity contribution in [3.8, 4) is 44.7 Å². The van der Waals surface area contributed by atoms with Crippen molar-refractivity contribution in [1.29, 1.82) is 0 Å². The van der Waals surface area contributed by atoms with E-state index in [-0.39, 0.29) is 37.5 Å². The van der Waals surface area contributed by atoms with E-state index in [0.717, 1.165) is 57.7 Å². The highest BCUT2D eigenvalue weighted by atomic mass is 35.5. The number of halogens is 3. The molecule has 1 N–H and O–H groups in total. The number of rotatable bonds is 12. The average Bonchev–Trinajstić information content (AvgIpc) is 3.79. The summed E-state index contributed by atoms with van der Waals surface area (Å²) in [5.41, 5.74) is 4.51. The van der Waals surface area contributed by atoms with Gasteiger partial charge in [-0.3, -0.25) is 4.90 Å². The van der Waals surface area contributed by atoms with E-state index in [4.69, 9.17) is 61.3 Å². The summed E-state index contributed by atoms with van der Waals surface area (Å²) < 4.78 is 58.2. The first-order chi connectivity index (χ1) is 35.4. The van der Waals surface area contributed by atoms with Crippen LogP contribution in [0.4, 0.5) is 4.39 Å². The number of nitrogens with zero attached hydrogens (tertiary/aromatic N) is 6. The monoisotopic (exact) mass is 1060 g/mol. The molecule has 386 valence electrons. The van der Waals surface area contributed by atoms with Gasteiger partial charge in [-0.05, 0) is 111 Å². The van der Waals surface area contributed by atoms with Crippen molar-refractivity contribution in [3.63, 3.8) is 0 Å². The van der Waals surface area contributed by atoms with Gasteiger partial charge < -0.3 is 43.2 Å². The zero-order valence-electron chi connectivity index (χ0n) is 41.1. The van der Waals surface area contributed by atoms with Crippen LogP contribution in [0.15, 0.2) is 61.1 Å². The first-order valence-electron chi connectivity index (χ1n) is 24.9. The van der Waals surface area contributed by atoms with Gasteiger partial charge in [0.15, 0.2) is 5.75 Å². The van der Waals surface area contributed by atoms with Crippen LogP contribution in [0.3, 0.4) is 0 Å². The molecule has 2 saturated heterocycles. The molecule has 19 heteroatoms. The van der Waals surface area contributed by atoms with E-state index >= 15 is 0 Å². The van der Waals surface area contributed by atoms with Crippen molar-refractivity contribution in [2.75, 3.05) is 79.4 Å². The van der Waals surface area contributed by atoms with Gasteiger partial charge in [-0.2, -0.15) is 0 Å². The highest BCUT2D eigenvalue weighted by Gasteiger charge is 2.33. The number of carboxylic acid groups (broad SMARTS) is 1. The molecule has 1 aliphatic carbocycles. The number of hydrogen-bond donors (Lipinski definition) is 1. The lowest BCUT2D eigenvalue weighted by Crippen LogP contribution is -2.49. The summed E-state index contributed by atoms with van der Waals surface area (Å²) in [5.74, 6) is 1.10. The van der Waals surface area contributed by atoms with E-state index in [1.807, 2.05) is 19.9 Å². The lowest BCUT2D eigenvalue weighted by molar-refractivity contribution is -0.145. The van der Waals surface area contributed by atoms with Crippen LogP contribution in [0, 0.1) is 25.6 Å². The summed E-state index contributed by atoms with van der Waals surface area (Å²) in [5, 5.41) is 12.0. The SMILES string of the molecule is Cc1c(Cl)c2c(Cl)c(C)c1-c1c(-c3ccc(F)cc3)sc3ncnc(c13)O[C@@H](C(=O)O)Cc1cc(ccc1OCc1ccnc([C@H]3CC[C@@H](COC[C@H]4COCCO4)CC3)n1)OC[C@@H](CN1CCN(C)CC1)O2. The number of aliphatic carboxylic acids is 1. The van der Waals surface area contributed by atoms with Crippen LogP contribution >= 0.6 is 34.5 Å². The summed E-state index contributed by atoms with van der Waals surface area (Å²) in [4.78, 5) is 38.1. The first kappa shape index (κ1) is 51.3. The number of likely N-dealkylation sites (N-methyl/N-ethyl adjacent to an activating group) is 1. The van der Waals surface area contributed by atoms with Crippen molar-refractivity contribution < 1.29 is 47.4 Å². The van der Waals surface area contributed by atoms with Crippen molar-refractivity contribution >= 4 is 50.7 Å². The standard InChI is InChI=1S/C54H59Cl2FN6O9S/c1-31-44-32(2)48(56)49(47(31)55)71-40(24-63-18-16-62(3)17-19-63)29-69-39-12-13-42(70-26-38-14-15-58-51(61-38)35-6-4-33(5-7-35)25-67-28-41-27-66-20-21-68-41)36(22-39)23-43(54(64)65)72-52-46-45(44)50(73-53(46)60-30-59-52)34-8-10-37(57)11-9-34/h8-15,22,30,33,35,40-41,43H,4-7,16-21,23-29H2,1-3H3,(H,64,65)/t33-,35+,40-,41-,43-/m1/s1. The maximum Gasteiger partial charge on any atom is 0.345 e. The summed E-state index contributed by atoms with van der Waals surface area (Å²) in [7, 11) is 2.11. The van der Waals surface area contributed by atoms with Crippen molar-refractivity contribution in [1.82, 2.24) is 29.7 Å². The first-order valence-corrected chi connectivity index (χ1v) is 26.5. The van der Waals surface area contributed by atoms with Crippen LogP contribution in [0.25, 0.3) is 31.8 Å². The number of hydrogen-bond acceptors (Lipinski definition) is 15. The molecule has 0 radical (unpaired) electrons. The molecule has 1 saturated carbocycles. The molecule has 73 heavy (non-hydrogen) atoms. The fourth-order valence-electron chi connectivity index (χ4n) is 10.1. The molecule has 15 nitrogen and oxygen atoms in total. The molecule has 6 aromatic rings. The van der Waals surface area contributed by atoms with Crippen molar-refractivity contribution in [3.05, 3.63) is 105 Å². The zero-order valence-corrected chi connectivity index (χ0v) is 43.4. The van der Waals surface area contributed by atoms with Crippen LogP contribution in [0.1, 0.15) is 59.8 Å². The van der Waals surface area contributed by atoms with Crippen LogP contribution in [0.2, 0.25) is 10.0 Å². The average molecular weight is 1060 g/mol. The van der Waals surface area contributed by atoms with E-state index in [9.17, 15) is 14.3 Å². The normalized spacial score (nSPS) is 22.0. The second-order valence-electron chi connectivity index (χ2n) is 19.3. The third-order valence-corrected chi connectivity index (χ3v) is 16.3. The minimum absolute atomic E-state index is 0.00415. The number of fused-ring (bicyclic) bond motifs is 7. The minimum Gasteiger partial charge on any atom is -0.490 e. The smallest absolute Gasteiger partial charge is 0.345 e. The van der Waals surface area contributed by atoms with Gasteiger partial charge in [-0.15, -0.1) is 11.3 Å². The number of piperazine rings is 1. The van der Waals surface area contributed by atoms with Gasteiger partial charge in [0.25, 0.3) is 0 Å². The van der Waals surface area contributed by atoms with E-state index in [1.54, 1.807) is 36.5 Å². The highest BCUT2D eigenvalue weighted by molar-refractivity contribution is 7.22. The molecule has 3 aromatic heterocycles. The molecule has 3 atom stereocenters. The van der Waals surface area contributed by atoms with Crippen molar-refractivity contribution in [2.24, 2.45) is 5.92 Å². The summed E-state index contributed by atoms with van der Waals surface area (Å²) in [6.07, 6.45) is 4.92. The predicted octanol–water partition coefficient (Wildman–Crippen LogP) is 9.62. The van der Waals surface area contributed by atoms with Gasteiger partial charge in [-0.1, -0.05) is 35.3 Å². The molecule has 7 heterocycles. The Morgan fingerprint density at radius 1 is 0.890 bits per heavy atom. The maximum absolute atomic E-state index is 14.4. The Bertz CT molecular complexity index is 2880. The molecule has 0 amide bonds. The summed E-state index contributed by atoms with van der Waals surface area (Å²) in [6.45, 7) is 11.0. The molecule has 0 unspecified atom stereocenters. The number of benzene rings is 3. The van der Waals surface area contributed by atoms with Crippen LogP contribution < -0.4 is 18.9 Å². The topological polar surface area (TPSA) is 160 Å². The third-order valence-electron chi connectivity index (χ3n) is 14.2. The van der Waals surface area contributed by atoms with Gasteiger partial charge in [0, 0.05) is 73.9 Å². The van der Waals surface area contributed by atoms with E-state index in [1.165, 1.54) is 29.8 Å². The molecule has 5 aliphatic rings. The number of aromatic nitrogens is 4. The van der Waals surface area contributed by atoms with Gasteiger partial charge in [0.1, 0.15) is 59.7 Å². The van der Waals surface area contributed by atoms with E-state index < -0.39 is 24.0 Å². The van der Waals surface area contributed by atoms with E-state index in [2.05, 4.69) is 31.8 Å². The van der Waals surface area contributed by atoms with Gasteiger partial charge >= 0.3 is 5.97 Å². The molecular weight excluding hydrogens is 999 g/mol. The fraction of sp³-hybridized carbons (Fsp3) is 0.463. The largest absolute Gasteiger partial charge is 0.490 e. The van der Waals surface area contributed by atoms with Gasteiger partial charge in [0.05, 0.1) is 47.6 Å². The molecule has 3 aromatic carbocycles. The summed E-state index contributed by atoms with van der Waals surface area (Å²) >= 11 is 16.0. The summed E-state index contributed by atoms with van der Waals surface area (Å²) in [6, 6.07) is 13.3. The molecule has 0 spiro atoms. The minimum atomic E-state index is -1.46. The lowest BCUT2D eigenvalue weighted by atomic mass is 9.82. The van der Waals surface area contributed by atoms with Gasteiger partial charge in [0.2, 0.25) is 12.0 Å². The number of thiophene rings is 1. The molecule has 11 rings (SSSR count). The number of carboxylic acids is 1.